The van der Waals surface area contributed by atoms with E-state index in [1.807, 2.05) is 0 Å². The van der Waals surface area contributed by atoms with E-state index in [0.717, 1.165) is 13.1 Å². The van der Waals surface area contributed by atoms with Gasteiger partial charge < -0.3 is 4.90 Å². The maximum absolute atomic E-state index is 2.37. The summed E-state index contributed by atoms with van der Waals surface area (Å²) in [6.45, 7) is 6.30. The van der Waals surface area contributed by atoms with Crippen molar-refractivity contribution in [1.29, 1.82) is 0 Å². The van der Waals surface area contributed by atoms with Gasteiger partial charge in [0, 0.05) is 13.1 Å². The zero-order valence-electron chi connectivity index (χ0n) is 12.4. The lowest BCUT2D eigenvalue weighted by Crippen LogP contribution is -2.16. The monoisotopic (exact) mass is 265 g/mol. The van der Waals surface area contributed by atoms with Crippen LogP contribution in [0.2, 0.25) is 0 Å². The largest absolute Gasteiger partial charge is 0.369 e. The van der Waals surface area contributed by atoms with Crippen LogP contribution >= 0.6 is 0 Å². The van der Waals surface area contributed by atoms with Crippen LogP contribution in [0.1, 0.15) is 25.0 Å². The Morgan fingerprint density at radius 1 is 0.800 bits per heavy atom. The Bertz CT molecular complexity index is 472. The minimum Gasteiger partial charge on any atom is -0.369 e. The fourth-order valence-electron chi connectivity index (χ4n) is 2.09. The van der Waals surface area contributed by atoms with E-state index in [4.69, 9.17) is 0 Å². The molecule has 20 heavy (non-hydrogen) atoms. The van der Waals surface area contributed by atoms with Gasteiger partial charge >= 0.3 is 0 Å². The highest BCUT2D eigenvalue weighted by Gasteiger charge is 2.02. The summed E-state index contributed by atoms with van der Waals surface area (Å²) < 4.78 is 0. The van der Waals surface area contributed by atoms with E-state index in [0.29, 0.717) is 5.92 Å². The maximum atomic E-state index is 2.37. The number of allylic oxidation sites excluding steroid dienone is 1. The Morgan fingerprint density at radius 3 is 1.65 bits per heavy atom. The molecule has 2 rings (SSSR count). The molecule has 2 aromatic carbocycles. The molecule has 104 valence electrons. The smallest absolute Gasteiger partial charge is 0.0427 e. The second-order valence-corrected chi connectivity index (χ2v) is 5.46. The van der Waals surface area contributed by atoms with Gasteiger partial charge in [0.2, 0.25) is 0 Å². The molecule has 2 aromatic rings. The van der Waals surface area contributed by atoms with Crippen molar-refractivity contribution < 1.29 is 0 Å². The van der Waals surface area contributed by atoms with Crippen molar-refractivity contribution in [3.05, 3.63) is 84.1 Å². The average Bonchev–Trinajstić information content (AvgIpc) is 2.47. The van der Waals surface area contributed by atoms with Crippen LogP contribution in [-0.2, 0) is 13.1 Å². The zero-order chi connectivity index (χ0) is 14.2. The summed E-state index contributed by atoms with van der Waals surface area (Å²) in [7, 11) is 0. The molecule has 0 fully saturated rings. The first-order chi connectivity index (χ1) is 9.74. The summed E-state index contributed by atoms with van der Waals surface area (Å²) in [6.07, 6.45) is 4.48. The molecule has 0 spiro atoms. The molecular formula is C19H23N. The number of rotatable bonds is 6. The molecule has 0 aliphatic heterocycles. The molecule has 0 heterocycles. The first-order valence-electron chi connectivity index (χ1n) is 7.24. The van der Waals surface area contributed by atoms with Crippen molar-refractivity contribution in [2.45, 2.75) is 26.9 Å². The van der Waals surface area contributed by atoms with Gasteiger partial charge in [0.1, 0.15) is 0 Å². The molecule has 0 unspecified atom stereocenters. The predicted octanol–water partition coefficient (Wildman–Crippen LogP) is 4.86. The summed E-state index contributed by atoms with van der Waals surface area (Å²) in [5, 5.41) is 0. The molecule has 0 aliphatic carbocycles. The highest BCUT2D eigenvalue weighted by Crippen LogP contribution is 2.11. The molecule has 0 saturated carbocycles. The highest BCUT2D eigenvalue weighted by atomic mass is 15.1. The molecule has 1 heteroatoms. The molecule has 0 saturated heterocycles. The van der Waals surface area contributed by atoms with Crippen LogP contribution in [-0.4, -0.2) is 4.90 Å². The van der Waals surface area contributed by atoms with Gasteiger partial charge in [-0.15, -0.1) is 0 Å². The van der Waals surface area contributed by atoms with Gasteiger partial charge in [0.15, 0.2) is 0 Å². The van der Waals surface area contributed by atoms with Crippen LogP contribution < -0.4 is 0 Å². The first kappa shape index (κ1) is 14.4. The van der Waals surface area contributed by atoms with Gasteiger partial charge in [-0.1, -0.05) is 80.6 Å². The Morgan fingerprint density at radius 2 is 1.25 bits per heavy atom. The number of hydrogen-bond donors (Lipinski definition) is 0. The van der Waals surface area contributed by atoms with E-state index in [9.17, 15) is 0 Å². The van der Waals surface area contributed by atoms with E-state index in [2.05, 4.69) is 91.7 Å². The van der Waals surface area contributed by atoms with E-state index < -0.39 is 0 Å². The van der Waals surface area contributed by atoms with Gasteiger partial charge in [-0.05, 0) is 23.2 Å². The fourth-order valence-corrected chi connectivity index (χ4v) is 2.09. The molecule has 0 atom stereocenters. The molecule has 0 N–H and O–H groups in total. The topological polar surface area (TPSA) is 3.24 Å². The van der Waals surface area contributed by atoms with Crippen LogP contribution in [0.5, 0.6) is 0 Å². The average molecular weight is 265 g/mol. The Balaban J connectivity index is 2.08. The normalized spacial score (nSPS) is 11.2. The highest BCUT2D eigenvalue weighted by molar-refractivity contribution is 5.17. The molecule has 0 radical (unpaired) electrons. The summed E-state index contributed by atoms with van der Waals surface area (Å²) in [5.74, 6) is 0.573. The first-order valence-corrected chi connectivity index (χ1v) is 7.24. The van der Waals surface area contributed by atoms with E-state index >= 15 is 0 Å². The van der Waals surface area contributed by atoms with Crippen molar-refractivity contribution in [1.82, 2.24) is 4.90 Å². The van der Waals surface area contributed by atoms with Crippen LogP contribution in [0, 0.1) is 5.92 Å². The number of hydrogen-bond acceptors (Lipinski definition) is 1. The van der Waals surface area contributed by atoms with Gasteiger partial charge in [-0.3, -0.25) is 0 Å². The molecule has 1 nitrogen and oxygen atoms in total. The quantitative estimate of drug-likeness (QED) is 0.721. The fraction of sp³-hybridized carbons (Fsp3) is 0.263. The summed E-state index contributed by atoms with van der Waals surface area (Å²) in [4.78, 5) is 2.37. The summed E-state index contributed by atoms with van der Waals surface area (Å²) >= 11 is 0. The van der Waals surface area contributed by atoms with Crippen molar-refractivity contribution >= 4 is 0 Å². The Kier molecular flexibility index (Phi) is 5.43. The van der Waals surface area contributed by atoms with Crippen molar-refractivity contribution in [3.63, 3.8) is 0 Å². The molecule has 0 bridgehead atoms. The molecule has 0 aliphatic rings. The van der Waals surface area contributed by atoms with Crippen molar-refractivity contribution in [2.24, 2.45) is 5.92 Å². The van der Waals surface area contributed by atoms with Crippen LogP contribution in [0.4, 0.5) is 0 Å². The SMILES string of the molecule is CC(C)/C=C/N(Cc1ccccc1)Cc1ccccc1. The third-order valence-electron chi connectivity index (χ3n) is 3.14. The van der Waals surface area contributed by atoms with Gasteiger partial charge in [0.25, 0.3) is 0 Å². The predicted molar refractivity (Wildman–Crippen MR) is 86.1 cm³/mol. The summed E-state index contributed by atoms with van der Waals surface area (Å²) in [5.41, 5.74) is 2.69. The van der Waals surface area contributed by atoms with Gasteiger partial charge in [-0.2, -0.15) is 0 Å². The van der Waals surface area contributed by atoms with E-state index in [1.54, 1.807) is 0 Å². The zero-order valence-corrected chi connectivity index (χ0v) is 12.4. The number of benzene rings is 2. The second kappa shape index (κ2) is 7.54. The van der Waals surface area contributed by atoms with E-state index in [1.165, 1.54) is 11.1 Å². The van der Waals surface area contributed by atoms with Gasteiger partial charge in [0.05, 0.1) is 0 Å². The second-order valence-electron chi connectivity index (χ2n) is 5.46. The number of nitrogens with zero attached hydrogens (tertiary/aromatic N) is 1. The summed E-state index contributed by atoms with van der Waals surface area (Å²) in [6, 6.07) is 21.3. The van der Waals surface area contributed by atoms with Crippen LogP contribution in [0.25, 0.3) is 0 Å². The molecular weight excluding hydrogens is 242 g/mol. The molecule has 0 aromatic heterocycles. The minimum atomic E-state index is 0.573. The van der Waals surface area contributed by atoms with Gasteiger partial charge in [-0.25, -0.2) is 0 Å². The third kappa shape index (κ3) is 4.93. The van der Waals surface area contributed by atoms with E-state index in [-0.39, 0.29) is 0 Å². The Labute approximate surface area is 122 Å². The van der Waals surface area contributed by atoms with Crippen molar-refractivity contribution in [2.75, 3.05) is 0 Å². The lowest BCUT2D eigenvalue weighted by atomic mass is 10.1. The lowest BCUT2D eigenvalue weighted by molar-refractivity contribution is 0.359. The van der Waals surface area contributed by atoms with Crippen LogP contribution in [0.15, 0.2) is 72.9 Å². The van der Waals surface area contributed by atoms with Crippen molar-refractivity contribution in [3.8, 4) is 0 Å². The molecule has 0 amide bonds. The van der Waals surface area contributed by atoms with Crippen LogP contribution in [0.3, 0.4) is 0 Å². The maximum Gasteiger partial charge on any atom is 0.0427 e. The Hall–Kier alpha value is -2.02. The standard InChI is InChI=1S/C19H23N/c1-17(2)13-14-20(15-18-9-5-3-6-10-18)16-19-11-7-4-8-12-19/h3-14,17H,15-16H2,1-2H3/b14-13+. The lowest BCUT2D eigenvalue weighted by Gasteiger charge is -2.21. The third-order valence-corrected chi connectivity index (χ3v) is 3.14. The minimum absolute atomic E-state index is 0.573.